The van der Waals surface area contributed by atoms with Crippen molar-refractivity contribution in [3.8, 4) is 0 Å². The third-order valence-electron chi connectivity index (χ3n) is 3.84. The number of nitrogens with zero attached hydrogens (tertiary/aromatic N) is 2. The van der Waals surface area contributed by atoms with Gasteiger partial charge in [-0.05, 0) is 44.3 Å². The molecule has 0 bridgehead atoms. The van der Waals surface area contributed by atoms with E-state index in [9.17, 15) is 25.0 Å². The highest BCUT2D eigenvalue weighted by molar-refractivity contribution is 5.49. The van der Waals surface area contributed by atoms with Gasteiger partial charge in [-0.25, -0.2) is 0 Å². The van der Waals surface area contributed by atoms with Crippen molar-refractivity contribution in [1.82, 2.24) is 0 Å². The van der Waals surface area contributed by atoms with Gasteiger partial charge in [0.05, 0.1) is 16.3 Å². The summed E-state index contributed by atoms with van der Waals surface area (Å²) in [7, 11) is 0. The Bertz CT molecular complexity index is 577. The summed E-state index contributed by atoms with van der Waals surface area (Å²) in [6.07, 6.45) is 17.6. The van der Waals surface area contributed by atoms with Gasteiger partial charge in [-0.1, -0.05) is 44.1 Å². The lowest BCUT2D eigenvalue weighted by Gasteiger charge is -1.98. The molecule has 0 aromatic carbocycles. The van der Waals surface area contributed by atoms with Gasteiger partial charge in [-0.3, -0.25) is 20.2 Å². The van der Waals surface area contributed by atoms with Crippen LogP contribution in [0.2, 0.25) is 0 Å². The number of hydrogen-bond acceptors (Lipinski definition) is 5. The molecule has 27 heavy (non-hydrogen) atoms. The van der Waals surface area contributed by atoms with Crippen LogP contribution in [-0.2, 0) is 4.79 Å². The van der Waals surface area contributed by atoms with E-state index in [1.165, 1.54) is 12.2 Å². The number of unbranched alkanes of at least 4 members (excludes halogenated alkanes) is 4. The highest BCUT2D eigenvalue weighted by Crippen LogP contribution is 2.12. The molecule has 0 amide bonds. The van der Waals surface area contributed by atoms with Gasteiger partial charge in [0.2, 0.25) is 11.4 Å². The summed E-state index contributed by atoms with van der Waals surface area (Å²) in [6, 6.07) is 0. The number of rotatable bonds is 16. The van der Waals surface area contributed by atoms with E-state index in [4.69, 9.17) is 0 Å². The molecule has 0 heterocycles. The lowest BCUT2D eigenvalue weighted by molar-refractivity contribution is -0.428. The minimum atomic E-state index is -0.448. The number of allylic oxidation sites excluding steroid dienone is 7. The molecule has 150 valence electrons. The summed E-state index contributed by atoms with van der Waals surface area (Å²) in [4.78, 5) is 31.4. The Hall–Kier alpha value is -2.57. The first-order chi connectivity index (χ1) is 13.0. The van der Waals surface area contributed by atoms with Crippen LogP contribution in [0.15, 0.2) is 47.9 Å². The molecule has 7 nitrogen and oxygen atoms in total. The third-order valence-corrected chi connectivity index (χ3v) is 3.84. The number of aldehydes is 1. The Morgan fingerprint density at radius 1 is 0.815 bits per heavy atom. The largest absolute Gasteiger partial charge is 0.303 e. The average Bonchev–Trinajstić information content (AvgIpc) is 2.63. The molecule has 0 aromatic heterocycles. The molecule has 0 aliphatic heterocycles. The lowest BCUT2D eigenvalue weighted by Crippen LogP contribution is -2.00. The van der Waals surface area contributed by atoms with Crippen LogP contribution in [0.25, 0.3) is 0 Å². The van der Waals surface area contributed by atoms with Crippen LogP contribution >= 0.6 is 0 Å². The van der Waals surface area contributed by atoms with E-state index in [1.54, 1.807) is 6.08 Å². The minimum absolute atomic E-state index is 0.0359. The summed E-state index contributed by atoms with van der Waals surface area (Å²) in [5.74, 6) is 0. The summed E-state index contributed by atoms with van der Waals surface area (Å²) in [5, 5.41) is 22.1. The van der Waals surface area contributed by atoms with E-state index in [0.29, 0.717) is 19.3 Å². The maximum Gasteiger partial charge on any atom is 0.246 e. The van der Waals surface area contributed by atoms with Gasteiger partial charge in [-0.2, -0.15) is 0 Å². The third kappa shape index (κ3) is 14.3. The Morgan fingerprint density at radius 2 is 1.48 bits per heavy atom. The van der Waals surface area contributed by atoms with Gasteiger partial charge in [0.1, 0.15) is 6.29 Å². The first-order valence-electron chi connectivity index (χ1n) is 9.43. The fraction of sp³-hybridized carbons (Fsp3) is 0.550. The van der Waals surface area contributed by atoms with Crippen LogP contribution in [0.4, 0.5) is 0 Å². The minimum Gasteiger partial charge on any atom is -0.303 e. The number of hydrogen-bond donors (Lipinski definition) is 0. The first kappa shape index (κ1) is 24.4. The second kappa shape index (κ2) is 16.9. The topological polar surface area (TPSA) is 103 Å². The molecule has 0 rings (SSSR count). The van der Waals surface area contributed by atoms with Crippen molar-refractivity contribution in [1.29, 1.82) is 0 Å². The SMILES string of the molecule is CCCCC/C(=C/C/C=C(/C/C=C/C/C=C/CCCC=O)[N+](=O)[O-])[N+](=O)[O-]. The molecule has 0 saturated carbocycles. The zero-order chi connectivity index (χ0) is 20.3. The molecule has 0 saturated heterocycles. The first-order valence-corrected chi connectivity index (χ1v) is 9.43. The zero-order valence-corrected chi connectivity index (χ0v) is 16.0. The molecule has 0 fully saturated rings. The van der Waals surface area contributed by atoms with Crippen molar-refractivity contribution in [3.63, 3.8) is 0 Å². The molecule has 7 heteroatoms. The molecule has 0 atom stereocenters. The molecule has 0 radical (unpaired) electrons. The summed E-state index contributed by atoms with van der Waals surface area (Å²) >= 11 is 0. The molecule has 0 N–H and O–H groups in total. The van der Waals surface area contributed by atoms with Crippen LogP contribution in [0.5, 0.6) is 0 Å². The van der Waals surface area contributed by atoms with E-state index in [-0.39, 0.29) is 24.2 Å². The Kier molecular flexibility index (Phi) is 15.3. The number of nitro groups is 2. The predicted octanol–water partition coefficient (Wildman–Crippen LogP) is 5.54. The van der Waals surface area contributed by atoms with Crippen molar-refractivity contribution in [2.24, 2.45) is 0 Å². The van der Waals surface area contributed by atoms with Gasteiger partial charge in [-0.15, -0.1) is 0 Å². The molecule has 0 spiro atoms. The van der Waals surface area contributed by atoms with Gasteiger partial charge in [0, 0.05) is 12.8 Å². The number of carbonyl (C=O) groups excluding carboxylic acids is 1. The van der Waals surface area contributed by atoms with Crippen molar-refractivity contribution in [3.05, 3.63) is 68.1 Å². The predicted molar refractivity (Wildman–Crippen MR) is 106 cm³/mol. The average molecular weight is 378 g/mol. The van der Waals surface area contributed by atoms with Crippen LogP contribution in [0.3, 0.4) is 0 Å². The molecule has 0 unspecified atom stereocenters. The Balaban J connectivity index is 4.49. The summed E-state index contributed by atoms with van der Waals surface area (Å²) in [6.45, 7) is 2.03. The summed E-state index contributed by atoms with van der Waals surface area (Å²) < 4.78 is 0. The quantitative estimate of drug-likeness (QED) is 0.115. The lowest BCUT2D eigenvalue weighted by atomic mass is 10.1. The fourth-order valence-electron chi connectivity index (χ4n) is 2.30. The molecule has 0 aromatic rings. The van der Waals surface area contributed by atoms with Crippen molar-refractivity contribution >= 4 is 6.29 Å². The van der Waals surface area contributed by atoms with Crippen molar-refractivity contribution < 1.29 is 14.6 Å². The van der Waals surface area contributed by atoms with Crippen LogP contribution in [-0.4, -0.2) is 16.1 Å². The molecular formula is C20H30N2O5. The second-order valence-electron chi connectivity index (χ2n) is 6.08. The maximum absolute atomic E-state index is 11.1. The van der Waals surface area contributed by atoms with Crippen molar-refractivity contribution in [2.75, 3.05) is 0 Å². The van der Waals surface area contributed by atoms with Crippen LogP contribution < -0.4 is 0 Å². The monoisotopic (exact) mass is 378 g/mol. The summed E-state index contributed by atoms with van der Waals surface area (Å²) in [5.41, 5.74) is 0.159. The highest BCUT2D eigenvalue weighted by atomic mass is 16.6. The Morgan fingerprint density at radius 3 is 2.11 bits per heavy atom. The van der Waals surface area contributed by atoms with E-state index in [1.807, 2.05) is 25.2 Å². The highest BCUT2D eigenvalue weighted by Gasteiger charge is 2.11. The van der Waals surface area contributed by atoms with Crippen LogP contribution in [0, 0.1) is 20.2 Å². The normalized spacial score (nSPS) is 12.8. The van der Waals surface area contributed by atoms with Gasteiger partial charge in [0.15, 0.2) is 0 Å². The smallest absolute Gasteiger partial charge is 0.246 e. The van der Waals surface area contributed by atoms with E-state index in [2.05, 4.69) is 0 Å². The molecular weight excluding hydrogens is 348 g/mol. The maximum atomic E-state index is 11.1. The van der Waals surface area contributed by atoms with Gasteiger partial charge < -0.3 is 4.79 Å². The van der Waals surface area contributed by atoms with Crippen LogP contribution in [0.1, 0.15) is 71.1 Å². The van der Waals surface area contributed by atoms with Crippen molar-refractivity contribution in [2.45, 2.75) is 71.1 Å². The zero-order valence-electron chi connectivity index (χ0n) is 16.0. The van der Waals surface area contributed by atoms with E-state index >= 15 is 0 Å². The van der Waals surface area contributed by atoms with E-state index < -0.39 is 9.85 Å². The van der Waals surface area contributed by atoms with Gasteiger partial charge in [0.25, 0.3) is 0 Å². The standard InChI is InChI=1S/C20H30N2O5/c1-2-3-10-14-19(21(24)25)16-13-17-20(22(26)27)15-11-8-6-4-5-7-9-12-18-23/h4-5,8,11,16-18H,2-3,6-7,9-10,12-15H2,1H3/b5-4+,11-8+,19-16-,20-17-. The van der Waals surface area contributed by atoms with Gasteiger partial charge >= 0.3 is 0 Å². The fourth-order valence-corrected chi connectivity index (χ4v) is 2.30. The Labute approximate surface area is 160 Å². The number of carbonyl (C=O) groups is 1. The molecule has 0 aliphatic rings. The molecule has 0 aliphatic carbocycles. The second-order valence-corrected chi connectivity index (χ2v) is 6.08. The van der Waals surface area contributed by atoms with E-state index in [0.717, 1.165) is 38.4 Å².